The Kier molecular flexibility index (Phi) is 3.52. The topological polar surface area (TPSA) is 47.0 Å². The van der Waals surface area contributed by atoms with Crippen LogP contribution in [0, 0.1) is 23.7 Å². The van der Waals surface area contributed by atoms with Crippen LogP contribution in [0.4, 0.5) is 0 Å². The van der Waals surface area contributed by atoms with Crippen molar-refractivity contribution < 1.29 is 4.74 Å². The lowest BCUT2D eigenvalue weighted by molar-refractivity contribution is 0.199. The lowest BCUT2D eigenvalue weighted by Crippen LogP contribution is -2.21. The molecular weight excluding hydrogens is 270 g/mol. The molecule has 4 unspecified atom stereocenters. The monoisotopic (exact) mass is 293 g/mol. The molecule has 4 nitrogen and oxygen atoms in total. The van der Waals surface area contributed by atoms with E-state index in [0.717, 1.165) is 55.7 Å². The Morgan fingerprint density at radius 2 is 2.00 bits per heavy atom. The van der Waals surface area contributed by atoms with Crippen LogP contribution in [-0.4, -0.2) is 37.0 Å². The second kappa shape index (κ2) is 5.35. The van der Waals surface area contributed by atoms with Gasteiger partial charge in [-0.1, -0.05) is 0 Å². The van der Waals surface area contributed by atoms with E-state index in [0.29, 0.717) is 0 Å². The molecule has 0 aliphatic heterocycles. The van der Waals surface area contributed by atoms with Crippen LogP contribution in [0.5, 0.6) is 0 Å². The molecule has 1 aromatic rings. The third-order valence-electron chi connectivity index (χ3n) is 5.50. The average molecular weight is 293 g/mol. The zero-order valence-electron chi connectivity index (χ0n) is 12.0. The third kappa shape index (κ3) is 2.20. The van der Waals surface area contributed by atoms with Crippen molar-refractivity contribution in [2.45, 2.75) is 31.6 Å². The molecule has 4 rings (SSSR count). The summed E-state index contributed by atoms with van der Waals surface area (Å²) in [5, 5.41) is 14.8. The zero-order valence-corrected chi connectivity index (χ0v) is 12.9. The molecule has 0 aromatic carbocycles. The molecule has 1 N–H and O–H groups in total. The van der Waals surface area contributed by atoms with E-state index >= 15 is 0 Å². The largest absolute Gasteiger partial charge is 0.383 e. The number of nitrogens with zero attached hydrogens (tertiary/aromatic N) is 2. The fraction of sp³-hybridized carbons (Fsp3) is 0.867. The van der Waals surface area contributed by atoms with Gasteiger partial charge in [0.15, 0.2) is 0 Å². The molecule has 0 saturated heterocycles. The molecule has 3 aliphatic rings. The van der Waals surface area contributed by atoms with Crippen LogP contribution in [-0.2, 0) is 11.2 Å². The van der Waals surface area contributed by atoms with Gasteiger partial charge in [-0.15, -0.1) is 21.5 Å². The number of hydrogen-bond acceptors (Lipinski definition) is 5. The van der Waals surface area contributed by atoms with Gasteiger partial charge in [-0.2, -0.15) is 0 Å². The molecular formula is C15H23N3OS. The Morgan fingerprint density at radius 3 is 2.75 bits per heavy atom. The van der Waals surface area contributed by atoms with E-state index in [2.05, 4.69) is 15.5 Å². The Labute approximate surface area is 124 Å². The van der Waals surface area contributed by atoms with Gasteiger partial charge in [-0.25, -0.2) is 0 Å². The molecule has 20 heavy (non-hydrogen) atoms. The molecule has 0 spiro atoms. The number of rotatable bonds is 7. The average Bonchev–Trinajstić information content (AvgIpc) is 2.87. The summed E-state index contributed by atoms with van der Waals surface area (Å²) in [6, 6.07) is 0. The van der Waals surface area contributed by atoms with Crippen LogP contribution in [0.1, 0.15) is 35.2 Å². The quantitative estimate of drug-likeness (QED) is 0.782. The minimum Gasteiger partial charge on any atom is -0.383 e. The predicted molar refractivity (Wildman–Crippen MR) is 78.9 cm³/mol. The van der Waals surface area contributed by atoms with Gasteiger partial charge in [0.1, 0.15) is 10.0 Å². The van der Waals surface area contributed by atoms with Crippen LogP contribution in [0.2, 0.25) is 0 Å². The molecule has 110 valence electrons. The molecule has 0 amide bonds. The van der Waals surface area contributed by atoms with Gasteiger partial charge in [-0.3, -0.25) is 0 Å². The van der Waals surface area contributed by atoms with Crippen molar-refractivity contribution in [2.75, 3.05) is 26.8 Å². The number of ether oxygens (including phenoxy) is 1. The number of aromatic nitrogens is 2. The lowest BCUT2D eigenvalue weighted by Gasteiger charge is -2.04. The van der Waals surface area contributed by atoms with Crippen molar-refractivity contribution in [3.8, 4) is 0 Å². The van der Waals surface area contributed by atoms with Gasteiger partial charge in [0.25, 0.3) is 0 Å². The third-order valence-corrected chi connectivity index (χ3v) is 6.59. The van der Waals surface area contributed by atoms with Crippen molar-refractivity contribution in [2.24, 2.45) is 23.7 Å². The summed E-state index contributed by atoms with van der Waals surface area (Å²) < 4.78 is 5.02. The van der Waals surface area contributed by atoms with Crippen LogP contribution < -0.4 is 5.32 Å². The van der Waals surface area contributed by atoms with Crippen molar-refractivity contribution in [1.29, 1.82) is 0 Å². The highest BCUT2D eigenvalue weighted by molar-refractivity contribution is 7.11. The SMILES string of the molecule is COCCNCCc1nnc(C2C3C4CCC(C4)C23)s1. The van der Waals surface area contributed by atoms with Crippen LogP contribution in [0.15, 0.2) is 0 Å². The van der Waals surface area contributed by atoms with Gasteiger partial charge >= 0.3 is 0 Å². The summed E-state index contributed by atoms with van der Waals surface area (Å²) in [5.41, 5.74) is 0. The first-order chi connectivity index (χ1) is 9.88. The van der Waals surface area contributed by atoms with Gasteiger partial charge < -0.3 is 10.1 Å². The Morgan fingerprint density at radius 1 is 1.20 bits per heavy atom. The second-order valence-corrected chi connectivity index (χ2v) is 7.63. The van der Waals surface area contributed by atoms with E-state index in [-0.39, 0.29) is 0 Å². The molecule has 4 atom stereocenters. The minimum atomic E-state index is 0.773. The molecule has 1 aromatic heterocycles. The molecule has 3 aliphatic carbocycles. The van der Waals surface area contributed by atoms with Gasteiger partial charge in [0.2, 0.25) is 0 Å². The first-order valence-corrected chi connectivity index (χ1v) is 8.72. The Hall–Kier alpha value is -0.520. The summed E-state index contributed by atoms with van der Waals surface area (Å²) in [4.78, 5) is 0. The zero-order chi connectivity index (χ0) is 13.5. The maximum absolute atomic E-state index is 5.02. The number of hydrogen-bond donors (Lipinski definition) is 1. The molecule has 3 saturated carbocycles. The van der Waals surface area contributed by atoms with Crippen LogP contribution >= 0.6 is 11.3 Å². The predicted octanol–water partition coefficient (Wildman–Crippen LogP) is 2.08. The van der Waals surface area contributed by atoms with E-state index in [9.17, 15) is 0 Å². The molecule has 0 radical (unpaired) electrons. The highest BCUT2D eigenvalue weighted by Crippen LogP contribution is 2.73. The van der Waals surface area contributed by atoms with E-state index in [1.807, 2.05) is 11.3 Å². The lowest BCUT2D eigenvalue weighted by atomic mass is 10.0. The maximum Gasteiger partial charge on any atom is 0.121 e. The highest BCUT2D eigenvalue weighted by atomic mass is 32.1. The summed E-state index contributed by atoms with van der Waals surface area (Å²) in [6.07, 6.45) is 5.48. The van der Waals surface area contributed by atoms with E-state index < -0.39 is 0 Å². The minimum absolute atomic E-state index is 0.773. The first-order valence-electron chi connectivity index (χ1n) is 7.90. The Bertz CT molecular complexity index is 461. The van der Waals surface area contributed by atoms with Gasteiger partial charge in [-0.05, 0) is 42.9 Å². The normalized spacial score (nSPS) is 37.4. The summed E-state index contributed by atoms with van der Waals surface area (Å²) in [6.45, 7) is 2.66. The molecule has 5 heteroatoms. The van der Waals surface area contributed by atoms with E-state index in [4.69, 9.17) is 4.74 Å². The number of fused-ring (bicyclic) bond motifs is 5. The van der Waals surface area contributed by atoms with Gasteiger partial charge in [0, 0.05) is 32.5 Å². The van der Waals surface area contributed by atoms with E-state index in [1.54, 1.807) is 7.11 Å². The summed E-state index contributed by atoms with van der Waals surface area (Å²) in [5.74, 6) is 4.80. The number of nitrogens with one attached hydrogen (secondary N) is 1. The van der Waals surface area contributed by atoms with Crippen molar-refractivity contribution in [3.63, 3.8) is 0 Å². The van der Waals surface area contributed by atoms with Crippen molar-refractivity contribution in [1.82, 2.24) is 15.5 Å². The van der Waals surface area contributed by atoms with Crippen LogP contribution in [0.3, 0.4) is 0 Å². The highest BCUT2D eigenvalue weighted by Gasteiger charge is 2.66. The molecule has 2 bridgehead atoms. The maximum atomic E-state index is 5.02. The summed E-state index contributed by atoms with van der Waals surface area (Å²) in [7, 11) is 1.73. The van der Waals surface area contributed by atoms with Crippen LogP contribution in [0.25, 0.3) is 0 Å². The van der Waals surface area contributed by atoms with Gasteiger partial charge in [0.05, 0.1) is 6.61 Å². The first kappa shape index (κ1) is 13.2. The smallest absolute Gasteiger partial charge is 0.121 e. The van der Waals surface area contributed by atoms with Crippen molar-refractivity contribution >= 4 is 11.3 Å². The standard InChI is InChI=1S/C15H23N3OS/c1-19-7-6-16-5-4-11-17-18-15(20-11)14-12-9-2-3-10(8-9)13(12)14/h9-10,12-14,16H,2-8H2,1H3. The fourth-order valence-corrected chi connectivity index (χ4v) is 5.71. The second-order valence-electron chi connectivity index (χ2n) is 6.54. The Balaban J connectivity index is 1.29. The molecule has 3 fully saturated rings. The summed E-state index contributed by atoms with van der Waals surface area (Å²) >= 11 is 1.86. The number of methoxy groups -OCH3 is 1. The fourth-order valence-electron chi connectivity index (χ4n) is 4.65. The van der Waals surface area contributed by atoms with Crippen molar-refractivity contribution in [3.05, 3.63) is 10.0 Å². The van der Waals surface area contributed by atoms with E-state index in [1.165, 1.54) is 29.3 Å². The molecule has 1 heterocycles.